The fourth-order valence-corrected chi connectivity index (χ4v) is 4.78. The zero-order valence-corrected chi connectivity index (χ0v) is 17.4. The molecule has 0 N–H and O–H groups in total. The lowest BCUT2D eigenvalue weighted by molar-refractivity contribution is 0.108. The molecule has 28 heavy (non-hydrogen) atoms. The van der Waals surface area contributed by atoms with Gasteiger partial charge >= 0.3 is 0 Å². The van der Waals surface area contributed by atoms with Crippen LogP contribution in [0.5, 0.6) is 0 Å². The Bertz CT molecular complexity index is 799. The van der Waals surface area contributed by atoms with Crippen LogP contribution in [-0.2, 0) is 6.42 Å². The molecule has 2 heterocycles. The van der Waals surface area contributed by atoms with Gasteiger partial charge in [-0.05, 0) is 37.4 Å². The van der Waals surface area contributed by atoms with Crippen LogP contribution in [0.1, 0.15) is 34.3 Å². The molecule has 3 nitrogen and oxygen atoms in total. The Hall–Kier alpha value is -2.01. The van der Waals surface area contributed by atoms with Gasteiger partial charge in [-0.25, -0.2) is 4.98 Å². The van der Waals surface area contributed by atoms with Crippen LogP contribution in [0.4, 0.5) is 0 Å². The maximum atomic E-state index is 4.59. The second kappa shape index (κ2) is 9.46. The fourth-order valence-electron chi connectivity index (χ4n) is 4.14. The van der Waals surface area contributed by atoms with Crippen molar-refractivity contribution < 1.29 is 0 Å². The summed E-state index contributed by atoms with van der Waals surface area (Å²) in [6.45, 7) is 7.78. The molecule has 0 atom stereocenters. The van der Waals surface area contributed by atoms with Crippen molar-refractivity contribution in [3.05, 3.63) is 87.9 Å². The molecule has 1 fully saturated rings. The van der Waals surface area contributed by atoms with Gasteiger partial charge in [-0.1, -0.05) is 60.7 Å². The maximum absolute atomic E-state index is 4.59. The van der Waals surface area contributed by atoms with E-state index in [-0.39, 0.29) is 0 Å². The zero-order chi connectivity index (χ0) is 19.2. The number of thiazole rings is 1. The molecule has 1 aliphatic heterocycles. The van der Waals surface area contributed by atoms with Gasteiger partial charge in [-0.15, -0.1) is 11.3 Å². The summed E-state index contributed by atoms with van der Waals surface area (Å²) < 4.78 is 0. The zero-order valence-electron chi connectivity index (χ0n) is 16.6. The highest BCUT2D eigenvalue weighted by Crippen LogP contribution is 2.29. The van der Waals surface area contributed by atoms with Crippen molar-refractivity contribution in [3.8, 4) is 0 Å². The van der Waals surface area contributed by atoms with Crippen LogP contribution in [0.25, 0.3) is 0 Å². The van der Waals surface area contributed by atoms with Crippen molar-refractivity contribution >= 4 is 11.3 Å². The number of nitrogens with zero attached hydrogens (tertiary/aromatic N) is 3. The standard InChI is InChI=1S/C24H29N3S/c1-20-25-23(19-28-20)13-8-14-26-15-17-27(18-16-26)24(21-9-4-2-5-10-21)22-11-6-3-7-12-22/h2-7,9-12,19,24H,8,13-18H2,1H3. The van der Waals surface area contributed by atoms with Crippen LogP contribution >= 0.6 is 11.3 Å². The molecule has 0 aliphatic carbocycles. The van der Waals surface area contributed by atoms with Crippen molar-refractivity contribution in [1.82, 2.24) is 14.8 Å². The van der Waals surface area contributed by atoms with E-state index in [0.717, 1.165) is 32.6 Å². The summed E-state index contributed by atoms with van der Waals surface area (Å²) in [5.74, 6) is 0. The highest BCUT2D eigenvalue weighted by atomic mass is 32.1. The summed E-state index contributed by atoms with van der Waals surface area (Å²) in [5, 5.41) is 3.38. The maximum Gasteiger partial charge on any atom is 0.0897 e. The molecule has 1 saturated heterocycles. The van der Waals surface area contributed by atoms with Crippen molar-refractivity contribution in [2.75, 3.05) is 32.7 Å². The average molecular weight is 392 g/mol. The fraction of sp³-hybridized carbons (Fsp3) is 0.375. The molecular formula is C24H29N3S. The first-order valence-electron chi connectivity index (χ1n) is 10.3. The molecule has 146 valence electrons. The lowest BCUT2D eigenvalue weighted by atomic mass is 9.96. The molecule has 4 heteroatoms. The van der Waals surface area contributed by atoms with Gasteiger partial charge in [0.25, 0.3) is 0 Å². The normalized spacial score (nSPS) is 15.9. The van der Waals surface area contributed by atoms with Gasteiger partial charge in [0.05, 0.1) is 16.7 Å². The first kappa shape index (κ1) is 19.3. The number of rotatable bonds is 7. The topological polar surface area (TPSA) is 19.4 Å². The Morgan fingerprint density at radius 2 is 1.50 bits per heavy atom. The van der Waals surface area contributed by atoms with Gasteiger partial charge in [-0.2, -0.15) is 0 Å². The second-order valence-corrected chi connectivity index (χ2v) is 8.63. The third-order valence-corrected chi connectivity index (χ3v) is 6.40. The van der Waals surface area contributed by atoms with E-state index >= 15 is 0 Å². The minimum absolute atomic E-state index is 0.350. The van der Waals surface area contributed by atoms with Gasteiger partial charge in [0.15, 0.2) is 0 Å². The summed E-state index contributed by atoms with van der Waals surface area (Å²) in [7, 11) is 0. The Morgan fingerprint density at radius 1 is 0.893 bits per heavy atom. The van der Waals surface area contributed by atoms with Gasteiger partial charge in [0, 0.05) is 31.6 Å². The minimum atomic E-state index is 0.350. The molecular weight excluding hydrogens is 362 g/mol. The van der Waals surface area contributed by atoms with Crippen LogP contribution in [0, 0.1) is 6.92 Å². The highest BCUT2D eigenvalue weighted by Gasteiger charge is 2.26. The van der Waals surface area contributed by atoms with E-state index in [1.54, 1.807) is 11.3 Å². The van der Waals surface area contributed by atoms with E-state index in [2.05, 4.69) is 87.8 Å². The van der Waals surface area contributed by atoms with Crippen LogP contribution in [0.15, 0.2) is 66.0 Å². The number of aromatic nitrogens is 1. The largest absolute Gasteiger partial charge is 0.301 e. The second-order valence-electron chi connectivity index (χ2n) is 7.56. The Morgan fingerprint density at radius 3 is 2.04 bits per heavy atom. The smallest absolute Gasteiger partial charge is 0.0897 e. The third kappa shape index (κ3) is 4.88. The molecule has 0 amide bonds. The van der Waals surface area contributed by atoms with E-state index in [4.69, 9.17) is 0 Å². The monoisotopic (exact) mass is 391 g/mol. The first-order valence-corrected chi connectivity index (χ1v) is 11.1. The van der Waals surface area contributed by atoms with Crippen LogP contribution < -0.4 is 0 Å². The molecule has 1 aliphatic rings. The van der Waals surface area contributed by atoms with Gasteiger partial charge in [-0.3, -0.25) is 4.90 Å². The van der Waals surface area contributed by atoms with Crippen molar-refractivity contribution in [2.45, 2.75) is 25.8 Å². The lowest BCUT2D eigenvalue weighted by Crippen LogP contribution is -2.48. The van der Waals surface area contributed by atoms with Gasteiger partial charge < -0.3 is 4.90 Å². The molecule has 4 rings (SSSR count). The predicted octanol–water partition coefficient (Wildman–Crippen LogP) is 4.79. The third-order valence-electron chi connectivity index (χ3n) is 5.58. The van der Waals surface area contributed by atoms with Gasteiger partial charge in [0.1, 0.15) is 0 Å². The SMILES string of the molecule is Cc1nc(CCCN2CCN(C(c3ccccc3)c3ccccc3)CC2)cs1. The van der Waals surface area contributed by atoms with Crippen LogP contribution in [-0.4, -0.2) is 47.5 Å². The van der Waals surface area contributed by atoms with Crippen molar-refractivity contribution in [2.24, 2.45) is 0 Å². The molecule has 0 spiro atoms. The Balaban J connectivity index is 1.35. The van der Waals surface area contributed by atoms with E-state index in [0.29, 0.717) is 6.04 Å². The molecule has 2 aromatic carbocycles. The van der Waals surface area contributed by atoms with E-state index in [1.807, 2.05) is 0 Å². The number of benzene rings is 2. The quantitative estimate of drug-likeness (QED) is 0.577. The molecule has 0 unspecified atom stereocenters. The Kier molecular flexibility index (Phi) is 6.53. The summed E-state index contributed by atoms with van der Waals surface area (Å²) >= 11 is 1.76. The van der Waals surface area contributed by atoms with E-state index < -0.39 is 0 Å². The molecule has 1 aromatic heterocycles. The summed E-state index contributed by atoms with van der Waals surface area (Å²) in [5.41, 5.74) is 4.04. The predicted molar refractivity (Wildman–Crippen MR) is 118 cm³/mol. The van der Waals surface area contributed by atoms with E-state index in [9.17, 15) is 0 Å². The number of piperazine rings is 1. The van der Waals surface area contributed by atoms with Gasteiger partial charge in [0.2, 0.25) is 0 Å². The van der Waals surface area contributed by atoms with Crippen molar-refractivity contribution in [1.29, 1.82) is 0 Å². The first-order chi connectivity index (χ1) is 13.8. The molecule has 0 bridgehead atoms. The summed E-state index contributed by atoms with van der Waals surface area (Å²) in [4.78, 5) is 9.85. The highest BCUT2D eigenvalue weighted by molar-refractivity contribution is 7.09. The van der Waals surface area contributed by atoms with Crippen LogP contribution in [0.2, 0.25) is 0 Å². The summed E-state index contributed by atoms with van der Waals surface area (Å²) in [6, 6.07) is 22.2. The van der Waals surface area contributed by atoms with Crippen LogP contribution in [0.3, 0.4) is 0 Å². The Labute approximate surface area is 172 Å². The molecule has 3 aromatic rings. The average Bonchev–Trinajstić information content (AvgIpc) is 3.16. The number of aryl methyl sites for hydroxylation is 2. The molecule has 0 saturated carbocycles. The number of hydrogen-bond donors (Lipinski definition) is 0. The lowest BCUT2D eigenvalue weighted by Gasteiger charge is -2.39. The summed E-state index contributed by atoms with van der Waals surface area (Å²) in [6.07, 6.45) is 2.30. The number of hydrogen-bond acceptors (Lipinski definition) is 4. The minimum Gasteiger partial charge on any atom is -0.301 e. The van der Waals surface area contributed by atoms with Crippen molar-refractivity contribution in [3.63, 3.8) is 0 Å². The van der Waals surface area contributed by atoms with E-state index in [1.165, 1.54) is 34.8 Å². The molecule has 0 radical (unpaired) electrons.